The first-order valence-electron chi connectivity index (χ1n) is 8.76. The highest BCUT2D eigenvalue weighted by atomic mass is 32.2. The Kier molecular flexibility index (Phi) is 5.98. The Morgan fingerprint density at radius 2 is 1.89 bits per heavy atom. The second-order valence-corrected chi connectivity index (χ2v) is 7.94. The second-order valence-electron chi connectivity index (χ2n) is 6.26. The van der Waals surface area contributed by atoms with Crippen molar-refractivity contribution in [2.75, 3.05) is 38.0 Å². The number of methoxy groups -OCH3 is 1. The maximum absolute atomic E-state index is 12.7. The molecule has 0 aromatic heterocycles. The Labute approximate surface area is 159 Å². The van der Waals surface area contributed by atoms with Crippen molar-refractivity contribution in [1.29, 1.82) is 0 Å². The van der Waals surface area contributed by atoms with E-state index in [0.717, 1.165) is 19.5 Å². The summed E-state index contributed by atoms with van der Waals surface area (Å²) < 4.78 is 33.0. The van der Waals surface area contributed by atoms with E-state index in [1.807, 2.05) is 0 Å². The van der Waals surface area contributed by atoms with Gasteiger partial charge in [-0.05, 0) is 55.4 Å². The van der Waals surface area contributed by atoms with Crippen LogP contribution in [0.1, 0.15) is 16.8 Å². The molecule has 0 spiro atoms. The molecule has 144 valence electrons. The number of amides is 1. The average molecular weight is 389 g/mol. The summed E-state index contributed by atoms with van der Waals surface area (Å²) in [5, 5.41) is 3.25. The van der Waals surface area contributed by atoms with Crippen molar-refractivity contribution in [1.82, 2.24) is 10.2 Å². The lowest BCUT2D eigenvalue weighted by atomic mass is 10.2. The Morgan fingerprint density at radius 1 is 1.11 bits per heavy atom. The Morgan fingerprint density at radius 3 is 2.63 bits per heavy atom. The third-order valence-electron chi connectivity index (χ3n) is 4.36. The van der Waals surface area contributed by atoms with Gasteiger partial charge in [0.2, 0.25) is 0 Å². The largest absolute Gasteiger partial charge is 0.497 e. The number of nitrogens with zero attached hydrogens (tertiary/aromatic N) is 1. The molecule has 1 aliphatic heterocycles. The highest BCUT2D eigenvalue weighted by Gasteiger charge is 2.20. The molecule has 0 radical (unpaired) electrons. The van der Waals surface area contributed by atoms with Crippen LogP contribution < -0.4 is 14.8 Å². The molecule has 1 fully saturated rings. The van der Waals surface area contributed by atoms with Crippen LogP contribution in [0.2, 0.25) is 0 Å². The van der Waals surface area contributed by atoms with Gasteiger partial charge in [0.25, 0.3) is 15.9 Å². The molecular weight excluding hydrogens is 366 g/mol. The van der Waals surface area contributed by atoms with Crippen LogP contribution in [0.15, 0.2) is 53.4 Å². The van der Waals surface area contributed by atoms with Gasteiger partial charge in [0.1, 0.15) is 5.75 Å². The van der Waals surface area contributed by atoms with E-state index < -0.39 is 10.0 Å². The fraction of sp³-hybridized carbons (Fsp3) is 0.316. The molecule has 0 bridgehead atoms. The smallest absolute Gasteiger partial charge is 0.261 e. The minimum absolute atomic E-state index is 0.0529. The maximum Gasteiger partial charge on any atom is 0.261 e. The maximum atomic E-state index is 12.7. The first kappa shape index (κ1) is 19.2. The summed E-state index contributed by atoms with van der Waals surface area (Å²) in [4.78, 5) is 14.5. The number of anilines is 1. The quantitative estimate of drug-likeness (QED) is 0.816. The molecule has 0 unspecified atom stereocenters. The van der Waals surface area contributed by atoms with E-state index in [1.54, 1.807) is 48.4 Å². The average Bonchev–Trinajstić information content (AvgIpc) is 2.97. The van der Waals surface area contributed by atoms with E-state index in [4.69, 9.17) is 4.74 Å². The van der Waals surface area contributed by atoms with Gasteiger partial charge in [-0.25, -0.2) is 8.42 Å². The van der Waals surface area contributed by atoms with Gasteiger partial charge < -0.3 is 15.0 Å². The molecule has 1 saturated heterocycles. The summed E-state index contributed by atoms with van der Waals surface area (Å²) in [6, 6.07) is 12.7. The molecule has 3 rings (SSSR count). The Balaban J connectivity index is 1.79. The zero-order chi connectivity index (χ0) is 19.3. The second kappa shape index (κ2) is 8.41. The minimum Gasteiger partial charge on any atom is -0.497 e. The molecule has 8 heteroatoms. The summed E-state index contributed by atoms with van der Waals surface area (Å²) in [7, 11) is -2.26. The number of sulfonamides is 1. The van der Waals surface area contributed by atoms with Crippen molar-refractivity contribution in [2.45, 2.75) is 11.3 Å². The lowest BCUT2D eigenvalue weighted by molar-refractivity contribution is 0.0766. The third kappa shape index (κ3) is 4.78. The van der Waals surface area contributed by atoms with Crippen LogP contribution in [0.25, 0.3) is 0 Å². The number of rotatable bonds is 5. The van der Waals surface area contributed by atoms with Gasteiger partial charge in [-0.1, -0.05) is 6.07 Å². The molecule has 0 atom stereocenters. The summed E-state index contributed by atoms with van der Waals surface area (Å²) in [5.41, 5.74) is 0.792. The zero-order valence-electron chi connectivity index (χ0n) is 15.1. The van der Waals surface area contributed by atoms with Crippen LogP contribution in [0.5, 0.6) is 5.75 Å². The molecule has 7 nitrogen and oxygen atoms in total. The van der Waals surface area contributed by atoms with Crippen LogP contribution in [0.3, 0.4) is 0 Å². The number of hydrogen-bond donors (Lipinski definition) is 2. The lowest BCUT2D eigenvalue weighted by Crippen LogP contribution is -2.34. The number of ether oxygens (including phenoxy) is 1. The van der Waals surface area contributed by atoms with Gasteiger partial charge in [-0.2, -0.15) is 0 Å². The zero-order valence-corrected chi connectivity index (χ0v) is 16.0. The van der Waals surface area contributed by atoms with Gasteiger partial charge in [-0.15, -0.1) is 0 Å². The van der Waals surface area contributed by atoms with E-state index in [0.29, 0.717) is 30.1 Å². The molecule has 27 heavy (non-hydrogen) atoms. The van der Waals surface area contributed by atoms with Crippen LogP contribution in [0, 0.1) is 0 Å². The number of carbonyl (C=O) groups excluding carboxylic acids is 1. The highest BCUT2D eigenvalue weighted by Crippen LogP contribution is 2.20. The van der Waals surface area contributed by atoms with Gasteiger partial charge in [0, 0.05) is 30.9 Å². The van der Waals surface area contributed by atoms with Crippen molar-refractivity contribution in [3.63, 3.8) is 0 Å². The Bertz CT molecular complexity index is 889. The molecule has 1 heterocycles. The predicted octanol–water partition coefficient (Wildman–Crippen LogP) is 1.93. The summed E-state index contributed by atoms with van der Waals surface area (Å²) in [6.07, 6.45) is 0.878. The van der Waals surface area contributed by atoms with Gasteiger partial charge in [-0.3, -0.25) is 9.52 Å². The van der Waals surface area contributed by atoms with Crippen molar-refractivity contribution < 1.29 is 17.9 Å². The predicted molar refractivity (Wildman–Crippen MR) is 104 cm³/mol. The fourth-order valence-corrected chi connectivity index (χ4v) is 4.00. The number of hydrogen-bond acceptors (Lipinski definition) is 5. The first-order valence-corrected chi connectivity index (χ1v) is 10.2. The number of nitrogens with one attached hydrogen (secondary N) is 2. The van der Waals surface area contributed by atoms with Gasteiger partial charge >= 0.3 is 0 Å². The van der Waals surface area contributed by atoms with E-state index in [2.05, 4.69) is 10.0 Å². The SMILES string of the molecule is COc1ccc(NS(=O)(=O)c2cccc(C(=O)N3CCCNCC3)c2)cc1. The van der Waals surface area contributed by atoms with Crippen LogP contribution in [-0.2, 0) is 10.0 Å². The molecule has 1 aliphatic rings. The topological polar surface area (TPSA) is 87.7 Å². The van der Waals surface area contributed by atoms with Crippen molar-refractivity contribution in [3.05, 3.63) is 54.1 Å². The molecule has 1 amide bonds. The van der Waals surface area contributed by atoms with Crippen molar-refractivity contribution >= 4 is 21.6 Å². The summed E-state index contributed by atoms with van der Waals surface area (Å²) in [6.45, 7) is 2.89. The number of benzene rings is 2. The molecule has 0 aliphatic carbocycles. The molecule has 0 saturated carbocycles. The first-order chi connectivity index (χ1) is 13.0. The van der Waals surface area contributed by atoms with Crippen LogP contribution in [-0.4, -0.2) is 52.5 Å². The van der Waals surface area contributed by atoms with Gasteiger partial charge in [0.05, 0.1) is 12.0 Å². The minimum atomic E-state index is -3.80. The number of carbonyl (C=O) groups is 1. The van der Waals surface area contributed by atoms with E-state index in [9.17, 15) is 13.2 Å². The van der Waals surface area contributed by atoms with Crippen LogP contribution >= 0.6 is 0 Å². The lowest BCUT2D eigenvalue weighted by Gasteiger charge is -2.20. The van der Waals surface area contributed by atoms with Crippen molar-refractivity contribution in [2.24, 2.45) is 0 Å². The van der Waals surface area contributed by atoms with E-state index >= 15 is 0 Å². The third-order valence-corrected chi connectivity index (χ3v) is 5.74. The van der Waals surface area contributed by atoms with E-state index in [-0.39, 0.29) is 10.8 Å². The standard InChI is InChI=1S/C19H23N3O4S/c1-26-17-8-6-16(7-9-17)21-27(24,25)18-5-2-4-15(14-18)19(23)22-12-3-10-20-11-13-22/h2,4-9,14,20-21H,3,10-13H2,1H3. The van der Waals surface area contributed by atoms with Crippen LogP contribution in [0.4, 0.5) is 5.69 Å². The molecule has 2 N–H and O–H groups in total. The Hall–Kier alpha value is -2.58. The molecule has 2 aromatic carbocycles. The fourth-order valence-electron chi connectivity index (χ4n) is 2.90. The van der Waals surface area contributed by atoms with E-state index in [1.165, 1.54) is 12.1 Å². The molecular formula is C19H23N3O4S. The van der Waals surface area contributed by atoms with Gasteiger partial charge in [0.15, 0.2) is 0 Å². The normalized spacial score (nSPS) is 15.1. The summed E-state index contributed by atoms with van der Waals surface area (Å²) in [5.74, 6) is 0.484. The monoisotopic (exact) mass is 389 g/mol. The van der Waals surface area contributed by atoms with Crippen molar-refractivity contribution in [3.8, 4) is 5.75 Å². The molecule has 2 aromatic rings. The summed E-state index contributed by atoms with van der Waals surface area (Å²) >= 11 is 0. The highest BCUT2D eigenvalue weighted by molar-refractivity contribution is 7.92.